The molecule has 0 saturated carbocycles. The lowest BCUT2D eigenvalue weighted by Gasteiger charge is -2.35. The third-order valence-corrected chi connectivity index (χ3v) is 7.65. The molecule has 0 spiro atoms. The highest BCUT2D eigenvalue weighted by Crippen LogP contribution is 2.25. The molecule has 1 aromatic heterocycles. The van der Waals surface area contributed by atoms with Crippen LogP contribution in [-0.2, 0) is 14.8 Å². The molecule has 0 aliphatic carbocycles. The van der Waals surface area contributed by atoms with E-state index in [2.05, 4.69) is 16.9 Å². The Morgan fingerprint density at radius 2 is 1.89 bits per heavy atom. The number of hydrogen-bond donors (Lipinski definition) is 1. The number of rotatable bonds is 8. The lowest BCUT2D eigenvalue weighted by atomic mass is 10.1. The Morgan fingerprint density at radius 1 is 1.20 bits per heavy atom. The SMILES string of the molecule is C=C(CNC(=O)OC(C)(C)C)COc1ccc(S(=O)(=O)N2CCC(N3CCN(C)C3=O)CC2)cn1. The van der Waals surface area contributed by atoms with Gasteiger partial charge in [-0.05, 0) is 45.3 Å². The Balaban J connectivity index is 1.47. The molecule has 3 heterocycles. The van der Waals surface area contributed by atoms with E-state index in [4.69, 9.17) is 9.47 Å². The Hall–Kier alpha value is -2.86. The molecule has 11 nitrogen and oxygen atoms in total. The number of aromatic nitrogens is 1. The van der Waals surface area contributed by atoms with Gasteiger partial charge in [0, 0.05) is 51.9 Å². The minimum absolute atomic E-state index is 0.00870. The molecular weight excluding hydrogens is 474 g/mol. The number of nitrogens with one attached hydrogen (secondary N) is 1. The van der Waals surface area contributed by atoms with E-state index in [1.807, 2.05) is 4.90 Å². The van der Waals surface area contributed by atoms with Gasteiger partial charge in [-0.1, -0.05) is 6.58 Å². The Labute approximate surface area is 207 Å². The minimum atomic E-state index is -3.69. The van der Waals surface area contributed by atoms with Crippen LogP contribution in [0.15, 0.2) is 35.4 Å². The van der Waals surface area contributed by atoms with Crippen LogP contribution in [0.2, 0.25) is 0 Å². The molecule has 3 amide bonds. The molecule has 0 bridgehead atoms. The van der Waals surface area contributed by atoms with Crippen molar-refractivity contribution in [3.05, 3.63) is 30.5 Å². The number of carbonyl (C=O) groups excluding carboxylic acids is 2. The van der Waals surface area contributed by atoms with Crippen molar-refractivity contribution < 1.29 is 27.5 Å². The summed E-state index contributed by atoms with van der Waals surface area (Å²) in [6.45, 7) is 11.5. The lowest BCUT2D eigenvalue weighted by molar-refractivity contribution is 0.0531. The molecule has 3 rings (SSSR count). The first-order chi connectivity index (χ1) is 16.4. The van der Waals surface area contributed by atoms with Crippen LogP contribution in [0.4, 0.5) is 9.59 Å². The van der Waals surface area contributed by atoms with Gasteiger partial charge in [0.1, 0.15) is 17.1 Å². The van der Waals surface area contributed by atoms with Crippen molar-refractivity contribution in [2.24, 2.45) is 0 Å². The summed E-state index contributed by atoms with van der Waals surface area (Å²) in [5.41, 5.74) is 0.00763. The molecule has 0 aromatic carbocycles. The van der Waals surface area contributed by atoms with Gasteiger partial charge >= 0.3 is 12.1 Å². The number of amides is 3. The molecular formula is C23H35N5O6S. The number of nitrogens with zero attached hydrogens (tertiary/aromatic N) is 4. The van der Waals surface area contributed by atoms with Gasteiger partial charge in [0.2, 0.25) is 15.9 Å². The Kier molecular flexibility index (Phi) is 8.26. The second-order valence-corrected chi connectivity index (χ2v) is 11.7. The smallest absolute Gasteiger partial charge is 0.407 e. The topological polar surface area (TPSA) is 121 Å². The van der Waals surface area contributed by atoms with Crippen LogP contribution in [0.5, 0.6) is 5.88 Å². The van der Waals surface area contributed by atoms with Gasteiger partial charge in [0.05, 0.1) is 6.20 Å². The van der Waals surface area contributed by atoms with Gasteiger partial charge in [-0.3, -0.25) is 0 Å². The zero-order valence-corrected chi connectivity index (χ0v) is 21.6. The standard InChI is InChI=1S/C23H35N5O6S/c1-17(14-25-21(29)34-23(2,3)4)16-33-20-7-6-19(15-24-20)35(31,32)27-10-8-18(9-11-27)28-13-12-26(5)22(28)30/h6-7,15,18H,1,8-14,16H2,2-5H3,(H,25,29). The first kappa shape index (κ1) is 26.7. The average Bonchev–Trinajstić information content (AvgIpc) is 3.13. The molecule has 2 aliphatic rings. The third kappa shape index (κ3) is 7.07. The Morgan fingerprint density at radius 3 is 2.43 bits per heavy atom. The highest BCUT2D eigenvalue weighted by molar-refractivity contribution is 7.89. The van der Waals surface area contributed by atoms with E-state index in [0.29, 0.717) is 44.6 Å². The molecule has 2 aliphatic heterocycles. The molecule has 0 atom stereocenters. The molecule has 12 heteroatoms. The highest BCUT2D eigenvalue weighted by atomic mass is 32.2. The summed E-state index contributed by atoms with van der Waals surface area (Å²) in [5, 5.41) is 2.60. The van der Waals surface area contributed by atoms with E-state index < -0.39 is 21.7 Å². The summed E-state index contributed by atoms with van der Waals surface area (Å²) in [5.74, 6) is 0.248. The zero-order valence-electron chi connectivity index (χ0n) is 20.8. The maximum Gasteiger partial charge on any atom is 0.407 e. The molecule has 1 N–H and O–H groups in total. The van der Waals surface area contributed by atoms with Crippen molar-refractivity contribution >= 4 is 22.1 Å². The van der Waals surface area contributed by atoms with Gasteiger partial charge in [0.15, 0.2) is 0 Å². The van der Waals surface area contributed by atoms with E-state index >= 15 is 0 Å². The molecule has 0 radical (unpaired) electrons. The van der Waals surface area contributed by atoms with Crippen LogP contribution in [0.25, 0.3) is 0 Å². The monoisotopic (exact) mass is 509 g/mol. The fourth-order valence-electron chi connectivity index (χ4n) is 3.89. The van der Waals surface area contributed by atoms with Crippen molar-refractivity contribution in [3.63, 3.8) is 0 Å². The second-order valence-electron chi connectivity index (χ2n) is 9.76. The van der Waals surface area contributed by atoms with Crippen molar-refractivity contribution in [1.82, 2.24) is 24.4 Å². The van der Waals surface area contributed by atoms with Crippen molar-refractivity contribution in [2.75, 3.05) is 46.4 Å². The van der Waals surface area contributed by atoms with Crippen LogP contribution in [0.1, 0.15) is 33.6 Å². The fraction of sp³-hybridized carbons (Fsp3) is 0.609. The molecule has 0 unspecified atom stereocenters. The van der Waals surface area contributed by atoms with Crippen LogP contribution >= 0.6 is 0 Å². The zero-order chi connectivity index (χ0) is 25.8. The normalized spacial score (nSPS) is 18.0. The van der Waals surface area contributed by atoms with Crippen molar-refractivity contribution in [2.45, 2.75) is 50.2 Å². The maximum absolute atomic E-state index is 13.0. The molecule has 1 aromatic rings. The molecule has 194 valence electrons. The van der Waals surface area contributed by atoms with Gasteiger partial charge in [0.25, 0.3) is 0 Å². The first-order valence-corrected chi connectivity index (χ1v) is 13.0. The van der Waals surface area contributed by atoms with E-state index in [1.165, 1.54) is 22.6 Å². The Bertz CT molecular complexity index is 1030. The second kappa shape index (κ2) is 10.8. The maximum atomic E-state index is 13.0. The predicted molar refractivity (Wildman–Crippen MR) is 130 cm³/mol. The van der Waals surface area contributed by atoms with Crippen LogP contribution in [0.3, 0.4) is 0 Å². The summed E-state index contributed by atoms with van der Waals surface area (Å²) >= 11 is 0. The fourth-order valence-corrected chi connectivity index (χ4v) is 5.31. The number of likely N-dealkylation sites (N-methyl/N-ethyl adjacent to an activating group) is 1. The number of ether oxygens (including phenoxy) is 2. The van der Waals surface area contributed by atoms with Gasteiger partial charge < -0.3 is 24.6 Å². The van der Waals surface area contributed by atoms with E-state index in [0.717, 1.165) is 0 Å². The number of urea groups is 1. The largest absolute Gasteiger partial charge is 0.473 e. The summed E-state index contributed by atoms with van der Waals surface area (Å²) in [6.07, 6.45) is 1.94. The molecule has 35 heavy (non-hydrogen) atoms. The summed E-state index contributed by atoms with van der Waals surface area (Å²) in [4.78, 5) is 31.7. The number of hydrogen-bond acceptors (Lipinski definition) is 7. The molecule has 2 saturated heterocycles. The quantitative estimate of drug-likeness (QED) is 0.533. The van der Waals surface area contributed by atoms with E-state index in [-0.39, 0.29) is 36.0 Å². The van der Waals surface area contributed by atoms with Gasteiger partial charge in [-0.25, -0.2) is 23.0 Å². The highest BCUT2D eigenvalue weighted by Gasteiger charge is 2.36. The number of piperidine rings is 1. The molecule has 2 fully saturated rings. The average molecular weight is 510 g/mol. The van der Waals surface area contributed by atoms with Gasteiger partial charge in [-0.2, -0.15) is 4.31 Å². The van der Waals surface area contributed by atoms with Gasteiger partial charge in [-0.15, -0.1) is 0 Å². The summed E-state index contributed by atoms with van der Waals surface area (Å²) in [7, 11) is -1.92. The number of sulfonamides is 1. The van der Waals surface area contributed by atoms with E-state index in [1.54, 1.807) is 32.7 Å². The number of carbonyl (C=O) groups is 2. The first-order valence-electron chi connectivity index (χ1n) is 11.6. The number of pyridine rings is 1. The van der Waals surface area contributed by atoms with Crippen LogP contribution < -0.4 is 10.1 Å². The van der Waals surface area contributed by atoms with Crippen molar-refractivity contribution in [3.8, 4) is 5.88 Å². The lowest BCUT2D eigenvalue weighted by Crippen LogP contribution is -2.47. The third-order valence-electron chi connectivity index (χ3n) is 5.77. The van der Waals surface area contributed by atoms with Crippen LogP contribution in [0, 0.1) is 0 Å². The van der Waals surface area contributed by atoms with Crippen LogP contribution in [-0.4, -0.2) is 97.7 Å². The summed E-state index contributed by atoms with van der Waals surface area (Å²) in [6, 6.07) is 3.03. The predicted octanol–water partition coefficient (Wildman–Crippen LogP) is 2.06. The minimum Gasteiger partial charge on any atom is -0.473 e. The van der Waals surface area contributed by atoms with Crippen molar-refractivity contribution in [1.29, 1.82) is 0 Å². The summed E-state index contributed by atoms with van der Waals surface area (Å²) < 4.78 is 38.2. The number of alkyl carbamates (subject to hydrolysis) is 1. The van der Waals surface area contributed by atoms with E-state index in [9.17, 15) is 18.0 Å².